The molecule has 1 aliphatic rings. The van der Waals surface area contributed by atoms with Gasteiger partial charge in [0, 0.05) is 33.6 Å². The molecule has 3 amide bonds. The van der Waals surface area contributed by atoms with E-state index in [1.54, 1.807) is 43.3 Å². The first-order chi connectivity index (χ1) is 20.1. The molecule has 0 aromatic heterocycles. The third kappa shape index (κ3) is 8.54. The molecular weight excluding hydrogens is 551 g/mol. The Bertz CT molecular complexity index is 1270. The standard InChI is InChI=1S/C33H47FN4O5/c1-21(2)29(37(7)30(40)26(35)19-22-8-11-24(34)12-9-22)32(42)36(6)27(31(41)38-14-16-43-17-15-38)20-23-10-13-28(39)25(18-23)33(3,4)5/h8-13,18,21,26-27,29,39H,14-17,19-20,35H2,1-7H3/t26-,27-,29-/m0/s1. The summed E-state index contributed by atoms with van der Waals surface area (Å²) in [6, 6.07) is 8.42. The summed E-state index contributed by atoms with van der Waals surface area (Å²) in [5.74, 6) is -1.47. The molecule has 236 valence electrons. The Hall–Kier alpha value is -3.50. The first-order valence-electron chi connectivity index (χ1n) is 14.8. The lowest BCUT2D eigenvalue weighted by Gasteiger charge is -2.39. The van der Waals surface area contributed by atoms with E-state index in [-0.39, 0.29) is 47.6 Å². The second-order valence-corrected chi connectivity index (χ2v) is 12.8. The van der Waals surface area contributed by atoms with Crippen molar-refractivity contribution in [2.24, 2.45) is 11.7 Å². The minimum absolute atomic E-state index is 0.175. The number of phenolic OH excluding ortho intramolecular Hbond substituents is 1. The zero-order chi connectivity index (χ0) is 32.1. The number of carbonyl (C=O) groups is 3. The number of ether oxygens (including phenoxy) is 1. The molecule has 2 aromatic carbocycles. The van der Waals surface area contributed by atoms with E-state index in [2.05, 4.69) is 0 Å². The highest BCUT2D eigenvalue weighted by atomic mass is 19.1. The molecule has 3 atom stereocenters. The number of carbonyl (C=O) groups excluding carboxylic acids is 3. The van der Waals surface area contributed by atoms with Gasteiger partial charge in [-0.2, -0.15) is 0 Å². The Morgan fingerprint density at radius 1 is 0.953 bits per heavy atom. The first-order valence-corrected chi connectivity index (χ1v) is 14.8. The number of likely N-dealkylation sites (N-methyl/N-ethyl adjacent to an activating group) is 2. The van der Waals surface area contributed by atoms with Gasteiger partial charge < -0.3 is 30.3 Å². The van der Waals surface area contributed by atoms with Crippen LogP contribution in [0, 0.1) is 11.7 Å². The van der Waals surface area contributed by atoms with Gasteiger partial charge in [-0.15, -0.1) is 0 Å². The predicted octanol–water partition coefficient (Wildman–Crippen LogP) is 3.11. The van der Waals surface area contributed by atoms with Gasteiger partial charge >= 0.3 is 0 Å². The highest BCUT2D eigenvalue weighted by Crippen LogP contribution is 2.32. The molecule has 1 aliphatic heterocycles. The van der Waals surface area contributed by atoms with E-state index in [1.165, 1.54) is 21.9 Å². The number of rotatable bonds is 10. The van der Waals surface area contributed by atoms with Crippen LogP contribution >= 0.6 is 0 Å². The lowest BCUT2D eigenvalue weighted by Crippen LogP contribution is -2.59. The van der Waals surface area contributed by atoms with Crippen molar-refractivity contribution in [3.8, 4) is 5.75 Å². The van der Waals surface area contributed by atoms with Crippen LogP contribution in [0.3, 0.4) is 0 Å². The van der Waals surface area contributed by atoms with Crippen molar-refractivity contribution >= 4 is 17.7 Å². The van der Waals surface area contributed by atoms with Gasteiger partial charge in [-0.05, 0) is 52.6 Å². The topological polar surface area (TPSA) is 116 Å². The molecular formula is C33H47FN4O5. The van der Waals surface area contributed by atoms with E-state index in [4.69, 9.17) is 10.5 Å². The highest BCUT2D eigenvalue weighted by Gasteiger charge is 2.39. The minimum Gasteiger partial charge on any atom is -0.508 e. The number of nitrogens with two attached hydrogens (primary N) is 1. The van der Waals surface area contributed by atoms with Crippen LogP contribution in [0.2, 0.25) is 0 Å². The Balaban J connectivity index is 1.89. The SMILES string of the molecule is CC(C)[C@@H](C(=O)N(C)[C@@H](Cc1ccc(O)c(C(C)(C)C)c1)C(=O)N1CCOCC1)N(C)C(=O)[C@@H](N)Cc1ccc(F)cc1. The summed E-state index contributed by atoms with van der Waals surface area (Å²) in [6.45, 7) is 11.4. The number of halogens is 1. The average Bonchev–Trinajstić information content (AvgIpc) is 2.96. The zero-order valence-corrected chi connectivity index (χ0v) is 26.5. The first kappa shape index (κ1) is 34.0. The minimum atomic E-state index is -0.937. The summed E-state index contributed by atoms with van der Waals surface area (Å²) in [6.07, 6.45) is 0.418. The summed E-state index contributed by atoms with van der Waals surface area (Å²) in [7, 11) is 3.15. The van der Waals surface area contributed by atoms with Crippen molar-refractivity contribution in [3.63, 3.8) is 0 Å². The molecule has 0 unspecified atom stereocenters. The van der Waals surface area contributed by atoms with Crippen molar-refractivity contribution in [2.75, 3.05) is 40.4 Å². The number of nitrogens with zero attached hydrogens (tertiary/aromatic N) is 3. The smallest absolute Gasteiger partial charge is 0.246 e. The molecule has 1 heterocycles. The van der Waals surface area contributed by atoms with Gasteiger partial charge in [-0.25, -0.2) is 4.39 Å². The van der Waals surface area contributed by atoms with Gasteiger partial charge in [0.05, 0.1) is 19.3 Å². The van der Waals surface area contributed by atoms with Gasteiger partial charge in [0.25, 0.3) is 0 Å². The molecule has 10 heteroatoms. The lowest BCUT2D eigenvalue weighted by molar-refractivity contribution is -0.153. The molecule has 1 fully saturated rings. The van der Waals surface area contributed by atoms with Gasteiger partial charge in [0.15, 0.2) is 0 Å². The van der Waals surface area contributed by atoms with E-state index in [1.807, 2.05) is 40.7 Å². The molecule has 0 aliphatic carbocycles. The van der Waals surface area contributed by atoms with Crippen LogP contribution in [0.25, 0.3) is 0 Å². The summed E-state index contributed by atoms with van der Waals surface area (Å²) < 4.78 is 18.8. The fourth-order valence-electron chi connectivity index (χ4n) is 5.54. The molecule has 0 spiro atoms. The van der Waals surface area contributed by atoms with Crippen molar-refractivity contribution < 1.29 is 28.6 Å². The molecule has 0 bridgehead atoms. The maximum Gasteiger partial charge on any atom is 0.246 e. The maximum absolute atomic E-state index is 14.2. The third-order valence-corrected chi connectivity index (χ3v) is 8.06. The number of hydrogen-bond acceptors (Lipinski definition) is 6. The van der Waals surface area contributed by atoms with Crippen LogP contribution in [0.15, 0.2) is 42.5 Å². The van der Waals surface area contributed by atoms with Crippen LogP contribution in [0.4, 0.5) is 4.39 Å². The van der Waals surface area contributed by atoms with Crippen molar-refractivity contribution in [1.82, 2.24) is 14.7 Å². The molecule has 1 saturated heterocycles. The second kappa shape index (κ2) is 14.3. The number of hydrogen-bond donors (Lipinski definition) is 2. The summed E-state index contributed by atoms with van der Waals surface area (Å²) in [4.78, 5) is 46.0. The molecule has 2 aromatic rings. The van der Waals surface area contributed by atoms with E-state index >= 15 is 0 Å². The highest BCUT2D eigenvalue weighted by molar-refractivity contribution is 5.93. The lowest BCUT2D eigenvalue weighted by atomic mass is 9.84. The number of morpholine rings is 1. The molecule has 3 N–H and O–H groups in total. The average molecular weight is 599 g/mol. The van der Waals surface area contributed by atoms with E-state index < -0.39 is 24.0 Å². The van der Waals surface area contributed by atoms with Crippen LogP contribution in [0.5, 0.6) is 5.75 Å². The van der Waals surface area contributed by atoms with E-state index in [9.17, 15) is 23.9 Å². The zero-order valence-electron chi connectivity index (χ0n) is 26.5. The molecule has 0 saturated carbocycles. The van der Waals surface area contributed by atoms with Gasteiger partial charge in [-0.3, -0.25) is 14.4 Å². The summed E-state index contributed by atoms with van der Waals surface area (Å²) in [5, 5.41) is 10.5. The Morgan fingerprint density at radius 2 is 1.53 bits per heavy atom. The second-order valence-electron chi connectivity index (χ2n) is 12.8. The fraction of sp³-hybridized carbons (Fsp3) is 0.545. The number of amides is 3. The maximum atomic E-state index is 14.2. The quantitative estimate of drug-likeness (QED) is 0.434. The van der Waals surface area contributed by atoms with Crippen LogP contribution in [0.1, 0.15) is 51.3 Å². The van der Waals surface area contributed by atoms with E-state index in [0.29, 0.717) is 31.9 Å². The molecule has 43 heavy (non-hydrogen) atoms. The van der Waals surface area contributed by atoms with Crippen molar-refractivity contribution in [3.05, 3.63) is 65.0 Å². The molecule has 3 rings (SSSR count). The molecule has 0 radical (unpaired) electrons. The molecule has 9 nitrogen and oxygen atoms in total. The van der Waals surface area contributed by atoms with Gasteiger partial charge in [-0.1, -0.05) is 58.9 Å². The Kier molecular flexibility index (Phi) is 11.3. The van der Waals surface area contributed by atoms with Crippen LogP contribution in [-0.2, 0) is 37.4 Å². The van der Waals surface area contributed by atoms with Gasteiger partial charge in [0.2, 0.25) is 17.7 Å². The normalized spacial score (nSPS) is 16.0. The third-order valence-electron chi connectivity index (χ3n) is 8.06. The number of phenols is 1. The Morgan fingerprint density at radius 3 is 2.09 bits per heavy atom. The largest absolute Gasteiger partial charge is 0.508 e. The van der Waals surface area contributed by atoms with Crippen molar-refractivity contribution in [2.45, 2.75) is 71.0 Å². The monoisotopic (exact) mass is 598 g/mol. The Labute approximate surface area is 254 Å². The number of benzene rings is 2. The number of aromatic hydroxyl groups is 1. The fourth-order valence-corrected chi connectivity index (χ4v) is 5.54. The van der Waals surface area contributed by atoms with Crippen LogP contribution in [-0.4, -0.2) is 96.1 Å². The summed E-state index contributed by atoms with van der Waals surface area (Å²) in [5.41, 5.74) is 8.20. The van der Waals surface area contributed by atoms with Crippen LogP contribution < -0.4 is 5.73 Å². The predicted molar refractivity (Wildman–Crippen MR) is 164 cm³/mol. The summed E-state index contributed by atoms with van der Waals surface area (Å²) >= 11 is 0. The van der Waals surface area contributed by atoms with Gasteiger partial charge in [0.1, 0.15) is 23.7 Å². The van der Waals surface area contributed by atoms with Crippen molar-refractivity contribution in [1.29, 1.82) is 0 Å². The van der Waals surface area contributed by atoms with E-state index in [0.717, 1.165) is 11.1 Å².